The van der Waals surface area contributed by atoms with Crippen molar-refractivity contribution >= 4 is 38.9 Å². The predicted molar refractivity (Wildman–Crippen MR) is 71.0 cm³/mol. The molecule has 1 N–H and O–H groups in total. The van der Waals surface area contributed by atoms with Crippen molar-refractivity contribution in [2.45, 2.75) is 20.0 Å². The Kier molecular flexibility index (Phi) is 4.08. The van der Waals surface area contributed by atoms with E-state index in [1.54, 1.807) is 11.3 Å². The van der Waals surface area contributed by atoms with Crippen LogP contribution in [0.4, 0.5) is 0 Å². The molecule has 5 heteroatoms. The summed E-state index contributed by atoms with van der Waals surface area (Å²) in [5.41, 5.74) is 0. The Labute approximate surface area is 112 Å². The lowest BCUT2D eigenvalue weighted by Gasteiger charge is -1.99. The van der Waals surface area contributed by atoms with Gasteiger partial charge in [-0.1, -0.05) is 11.6 Å². The average Bonchev–Trinajstić information content (AvgIpc) is 2.75. The SMILES string of the molecule is Cc1ccc(CNCc2cc(Br)c(Cl)s2)o1. The van der Waals surface area contributed by atoms with E-state index in [-0.39, 0.29) is 0 Å². The summed E-state index contributed by atoms with van der Waals surface area (Å²) in [6.45, 7) is 3.48. The highest BCUT2D eigenvalue weighted by molar-refractivity contribution is 9.10. The molecule has 86 valence electrons. The molecule has 0 unspecified atom stereocenters. The van der Waals surface area contributed by atoms with Gasteiger partial charge in [0.2, 0.25) is 0 Å². The molecule has 0 saturated carbocycles. The van der Waals surface area contributed by atoms with Crippen molar-refractivity contribution in [2.75, 3.05) is 0 Å². The fourth-order valence-electron chi connectivity index (χ4n) is 1.37. The average molecular weight is 321 g/mol. The lowest BCUT2D eigenvalue weighted by Crippen LogP contribution is -2.10. The summed E-state index contributed by atoms with van der Waals surface area (Å²) in [5.74, 6) is 1.90. The molecule has 0 fully saturated rings. The fraction of sp³-hybridized carbons (Fsp3) is 0.273. The Morgan fingerprint density at radius 1 is 1.44 bits per heavy atom. The largest absolute Gasteiger partial charge is 0.465 e. The molecule has 2 nitrogen and oxygen atoms in total. The summed E-state index contributed by atoms with van der Waals surface area (Å²) in [6, 6.07) is 5.99. The number of hydrogen-bond acceptors (Lipinski definition) is 3. The maximum atomic E-state index is 5.95. The van der Waals surface area contributed by atoms with Crippen LogP contribution < -0.4 is 5.32 Å². The summed E-state index contributed by atoms with van der Waals surface area (Å²) in [6.07, 6.45) is 0. The highest BCUT2D eigenvalue weighted by Gasteiger charge is 2.04. The first kappa shape index (κ1) is 12.2. The van der Waals surface area contributed by atoms with Gasteiger partial charge < -0.3 is 9.73 Å². The number of thiophene rings is 1. The van der Waals surface area contributed by atoms with E-state index in [0.717, 1.165) is 33.4 Å². The second kappa shape index (κ2) is 5.36. The van der Waals surface area contributed by atoms with E-state index in [9.17, 15) is 0 Å². The van der Waals surface area contributed by atoms with Crippen LogP contribution in [-0.4, -0.2) is 0 Å². The monoisotopic (exact) mass is 319 g/mol. The normalized spacial score (nSPS) is 10.9. The van der Waals surface area contributed by atoms with Crippen molar-refractivity contribution in [3.05, 3.63) is 43.4 Å². The molecule has 0 bridgehead atoms. The maximum absolute atomic E-state index is 5.95. The van der Waals surface area contributed by atoms with Crippen molar-refractivity contribution in [3.8, 4) is 0 Å². The smallest absolute Gasteiger partial charge is 0.117 e. The maximum Gasteiger partial charge on any atom is 0.117 e. The highest BCUT2D eigenvalue weighted by Crippen LogP contribution is 2.31. The minimum atomic E-state index is 0.737. The van der Waals surface area contributed by atoms with Crippen LogP contribution in [0.2, 0.25) is 4.34 Å². The lowest BCUT2D eigenvalue weighted by atomic mass is 10.4. The standard InChI is InChI=1S/C11H11BrClNOS/c1-7-2-3-8(15-7)5-14-6-9-4-10(12)11(13)16-9/h2-4,14H,5-6H2,1H3. The first-order valence-corrected chi connectivity index (χ1v) is 6.83. The fourth-order valence-corrected chi connectivity index (χ4v) is 3.13. The van der Waals surface area contributed by atoms with Gasteiger partial charge in [-0.2, -0.15) is 0 Å². The minimum absolute atomic E-state index is 0.737. The Morgan fingerprint density at radius 2 is 2.25 bits per heavy atom. The van der Waals surface area contributed by atoms with Crippen molar-refractivity contribution in [2.24, 2.45) is 0 Å². The van der Waals surface area contributed by atoms with Crippen molar-refractivity contribution < 1.29 is 4.42 Å². The van der Waals surface area contributed by atoms with Crippen molar-refractivity contribution in [1.82, 2.24) is 5.32 Å². The van der Waals surface area contributed by atoms with E-state index in [0.29, 0.717) is 0 Å². The van der Waals surface area contributed by atoms with E-state index in [1.165, 1.54) is 4.88 Å². The molecule has 0 aliphatic carbocycles. The zero-order valence-corrected chi connectivity index (χ0v) is 11.9. The van der Waals surface area contributed by atoms with Crippen LogP contribution in [0.25, 0.3) is 0 Å². The molecule has 0 atom stereocenters. The summed E-state index contributed by atoms with van der Waals surface area (Å²) < 4.78 is 7.22. The van der Waals surface area contributed by atoms with Crippen LogP contribution in [0, 0.1) is 6.92 Å². The van der Waals surface area contributed by atoms with Crippen LogP contribution in [0.3, 0.4) is 0 Å². The zero-order valence-electron chi connectivity index (χ0n) is 8.72. The van der Waals surface area contributed by atoms with Crippen LogP contribution in [-0.2, 0) is 13.1 Å². The molecule has 2 rings (SSSR count). The van der Waals surface area contributed by atoms with Gasteiger partial charge in [-0.15, -0.1) is 11.3 Å². The van der Waals surface area contributed by atoms with Crippen LogP contribution in [0.5, 0.6) is 0 Å². The van der Waals surface area contributed by atoms with E-state index >= 15 is 0 Å². The summed E-state index contributed by atoms with van der Waals surface area (Å²) in [5, 5.41) is 3.31. The molecule has 2 heterocycles. The number of furan rings is 1. The van der Waals surface area contributed by atoms with E-state index in [1.807, 2.05) is 25.1 Å². The van der Waals surface area contributed by atoms with Gasteiger partial charge in [0.05, 0.1) is 6.54 Å². The number of halogens is 2. The predicted octanol–water partition coefficient (Wildman–Crippen LogP) is 4.36. The number of nitrogens with one attached hydrogen (secondary N) is 1. The zero-order chi connectivity index (χ0) is 11.5. The Morgan fingerprint density at radius 3 is 2.81 bits per heavy atom. The third kappa shape index (κ3) is 3.10. The first-order valence-electron chi connectivity index (χ1n) is 4.85. The second-order valence-corrected chi connectivity index (χ2v) is 6.04. The number of rotatable bonds is 4. The second-order valence-electron chi connectivity index (χ2n) is 3.45. The third-order valence-electron chi connectivity index (χ3n) is 2.09. The lowest BCUT2D eigenvalue weighted by molar-refractivity contribution is 0.462. The van der Waals surface area contributed by atoms with Crippen LogP contribution >= 0.6 is 38.9 Å². The van der Waals surface area contributed by atoms with Gasteiger partial charge in [-0.25, -0.2) is 0 Å². The molecule has 0 aliphatic rings. The highest BCUT2D eigenvalue weighted by atomic mass is 79.9. The molecule has 0 saturated heterocycles. The van der Waals surface area contributed by atoms with E-state index in [2.05, 4.69) is 21.2 Å². The topological polar surface area (TPSA) is 25.2 Å². The first-order chi connectivity index (χ1) is 7.65. The molecule has 2 aromatic heterocycles. The number of hydrogen-bond donors (Lipinski definition) is 1. The summed E-state index contributed by atoms with van der Waals surface area (Å²) in [7, 11) is 0. The Bertz CT molecular complexity index is 461. The Balaban J connectivity index is 1.84. The number of aryl methyl sites for hydroxylation is 1. The minimum Gasteiger partial charge on any atom is -0.465 e. The summed E-state index contributed by atoms with van der Waals surface area (Å²) in [4.78, 5) is 1.21. The molecule has 0 aromatic carbocycles. The van der Waals surface area contributed by atoms with Gasteiger partial charge in [0.1, 0.15) is 15.9 Å². The molecule has 0 radical (unpaired) electrons. The quantitative estimate of drug-likeness (QED) is 0.905. The van der Waals surface area contributed by atoms with Gasteiger partial charge in [0, 0.05) is 15.9 Å². The van der Waals surface area contributed by atoms with Gasteiger partial charge in [0.25, 0.3) is 0 Å². The molecule has 16 heavy (non-hydrogen) atoms. The van der Waals surface area contributed by atoms with Gasteiger partial charge in [-0.05, 0) is 41.1 Å². The van der Waals surface area contributed by atoms with Crippen molar-refractivity contribution in [3.63, 3.8) is 0 Å². The Hall–Kier alpha value is -0.290. The van der Waals surface area contributed by atoms with Gasteiger partial charge in [-0.3, -0.25) is 0 Å². The van der Waals surface area contributed by atoms with E-state index < -0.39 is 0 Å². The molecule has 0 aliphatic heterocycles. The van der Waals surface area contributed by atoms with E-state index in [4.69, 9.17) is 16.0 Å². The van der Waals surface area contributed by atoms with Gasteiger partial charge >= 0.3 is 0 Å². The molecule has 0 amide bonds. The third-order valence-corrected chi connectivity index (χ3v) is 4.57. The van der Waals surface area contributed by atoms with Gasteiger partial charge in [0.15, 0.2) is 0 Å². The van der Waals surface area contributed by atoms with Crippen LogP contribution in [0.15, 0.2) is 27.1 Å². The molecular formula is C11H11BrClNOS. The van der Waals surface area contributed by atoms with Crippen molar-refractivity contribution in [1.29, 1.82) is 0 Å². The molecule has 0 spiro atoms. The molecule has 2 aromatic rings. The van der Waals surface area contributed by atoms with Crippen LogP contribution in [0.1, 0.15) is 16.4 Å². The molecular weight excluding hydrogens is 310 g/mol. The summed E-state index contributed by atoms with van der Waals surface area (Å²) >= 11 is 10.9.